The Morgan fingerprint density at radius 1 is 1.37 bits per heavy atom. The number of rotatable bonds is 5. The van der Waals surface area contributed by atoms with E-state index < -0.39 is 5.41 Å². The second-order valence-corrected chi connectivity index (χ2v) is 6.11. The van der Waals surface area contributed by atoms with Gasteiger partial charge in [0, 0.05) is 23.8 Å². The monoisotopic (exact) mass is 276 g/mol. The van der Waals surface area contributed by atoms with Gasteiger partial charge in [-0.1, -0.05) is 29.8 Å². The van der Waals surface area contributed by atoms with Gasteiger partial charge in [0.25, 0.3) is 0 Å². The first-order chi connectivity index (χ1) is 9.09. The van der Waals surface area contributed by atoms with Gasteiger partial charge in [0.05, 0.1) is 17.3 Å². The van der Waals surface area contributed by atoms with Crippen molar-refractivity contribution in [1.82, 2.24) is 4.98 Å². The van der Waals surface area contributed by atoms with Gasteiger partial charge in [0.2, 0.25) is 0 Å². The highest BCUT2D eigenvalue weighted by Gasteiger charge is 2.31. The summed E-state index contributed by atoms with van der Waals surface area (Å²) >= 11 is 1.63. The number of aromatic nitrogens is 1. The molecule has 3 N–H and O–H groups in total. The van der Waals surface area contributed by atoms with Crippen molar-refractivity contribution in [2.75, 3.05) is 13.2 Å². The number of aryl methyl sites for hydroxylation is 2. The lowest BCUT2D eigenvalue weighted by molar-refractivity contribution is 0.195. The predicted molar refractivity (Wildman–Crippen MR) is 79.6 cm³/mol. The van der Waals surface area contributed by atoms with Crippen molar-refractivity contribution in [3.8, 4) is 0 Å². The third kappa shape index (κ3) is 3.03. The van der Waals surface area contributed by atoms with Gasteiger partial charge in [-0.25, -0.2) is 4.98 Å². The molecule has 4 heteroatoms. The van der Waals surface area contributed by atoms with Crippen LogP contribution < -0.4 is 5.73 Å². The maximum atomic E-state index is 9.88. The van der Waals surface area contributed by atoms with E-state index in [0.717, 1.165) is 16.3 Å². The molecule has 0 aliphatic heterocycles. The molecule has 0 bridgehead atoms. The Balaban J connectivity index is 2.37. The van der Waals surface area contributed by atoms with Crippen LogP contribution in [0.1, 0.15) is 21.8 Å². The molecule has 102 valence electrons. The van der Waals surface area contributed by atoms with Gasteiger partial charge in [-0.2, -0.15) is 0 Å². The van der Waals surface area contributed by atoms with Gasteiger partial charge in [0.15, 0.2) is 0 Å². The molecule has 0 saturated heterocycles. The third-order valence-corrected chi connectivity index (χ3v) is 4.33. The zero-order valence-corrected chi connectivity index (χ0v) is 12.2. The quantitative estimate of drug-likeness (QED) is 0.880. The summed E-state index contributed by atoms with van der Waals surface area (Å²) in [6, 6.07) is 8.20. The predicted octanol–water partition coefficient (Wildman–Crippen LogP) is 2.19. The van der Waals surface area contributed by atoms with Crippen molar-refractivity contribution in [3.05, 3.63) is 51.5 Å². The fourth-order valence-corrected chi connectivity index (χ4v) is 2.93. The van der Waals surface area contributed by atoms with Crippen molar-refractivity contribution < 1.29 is 5.11 Å². The summed E-state index contributed by atoms with van der Waals surface area (Å²) < 4.78 is 0. The van der Waals surface area contributed by atoms with Gasteiger partial charge >= 0.3 is 0 Å². The Bertz CT molecular complexity index is 547. The molecule has 0 radical (unpaired) electrons. The first-order valence-corrected chi connectivity index (χ1v) is 7.27. The fourth-order valence-electron chi connectivity index (χ4n) is 2.31. The molecule has 3 nitrogen and oxygen atoms in total. The van der Waals surface area contributed by atoms with Gasteiger partial charge in [-0.05, 0) is 19.4 Å². The molecule has 2 aromatic rings. The largest absolute Gasteiger partial charge is 0.395 e. The summed E-state index contributed by atoms with van der Waals surface area (Å²) in [5, 5.41) is 13.0. The maximum Gasteiger partial charge on any atom is 0.0897 e. The van der Waals surface area contributed by atoms with Gasteiger partial charge in [-0.3, -0.25) is 0 Å². The number of aliphatic hydroxyl groups is 1. The Morgan fingerprint density at radius 2 is 2.16 bits per heavy atom. The number of hydrogen-bond donors (Lipinski definition) is 2. The molecule has 0 saturated carbocycles. The summed E-state index contributed by atoms with van der Waals surface area (Å²) in [4.78, 5) is 4.49. The van der Waals surface area contributed by atoms with Crippen LogP contribution in [0.5, 0.6) is 0 Å². The van der Waals surface area contributed by atoms with E-state index in [1.807, 2.05) is 24.4 Å². The first-order valence-electron chi connectivity index (χ1n) is 6.39. The van der Waals surface area contributed by atoms with Crippen LogP contribution in [-0.4, -0.2) is 23.2 Å². The minimum Gasteiger partial charge on any atom is -0.395 e. The van der Waals surface area contributed by atoms with Crippen LogP contribution in [0.15, 0.2) is 29.6 Å². The average Bonchev–Trinajstić information content (AvgIpc) is 2.81. The summed E-state index contributed by atoms with van der Waals surface area (Å²) in [6.45, 7) is 4.48. The number of aliphatic hydroxyl groups excluding tert-OH is 1. The van der Waals surface area contributed by atoms with Crippen LogP contribution in [0, 0.1) is 13.8 Å². The van der Waals surface area contributed by atoms with E-state index in [4.69, 9.17) is 5.73 Å². The van der Waals surface area contributed by atoms with E-state index in [-0.39, 0.29) is 6.61 Å². The van der Waals surface area contributed by atoms with E-state index in [2.05, 4.69) is 24.0 Å². The van der Waals surface area contributed by atoms with Crippen molar-refractivity contribution in [2.24, 2.45) is 5.73 Å². The summed E-state index contributed by atoms with van der Waals surface area (Å²) in [6.07, 6.45) is 0.674. The zero-order chi connectivity index (χ0) is 13.9. The van der Waals surface area contributed by atoms with E-state index in [1.165, 1.54) is 5.56 Å². The molecule has 0 aliphatic carbocycles. The number of nitrogens with zero attached hydrogens (tertiary/aromatic N) is 1. The summed E-state index contributed by atoms with van der Waals surface area (Å²) in [7, 11) is 0. The average molecular weight is 276 g/mol. The molecule has 1 aromatic heterocycles. The molecular weight excluding hydrogens is 256 g/mol. The fraction of sp³-hybridized carbons (Fsp3) is 0.400. The molecule has 19 heavy (non-hydrogen) atoms. The van der Waals surface area contributed by atoms with Crippen molar-refractivity contribution in [3.63, 3.8) is 0 Å². The number of benzene rings is 1. The molecule has 1 unspecified atom stereocenters. The highest BCUT2D eigenvalue weighted by atomic mass is 32.1. The van der Waals surface area contributed by atoms with Crippen LogP contribution in [0.3, 0.4) is 0 Å². The standard InChI is InChI=1S/C15H20N2OS/c1-11-4-3-5-13(6-11)15(9-16,10-18)7-14-8-19-12(2)17-14/h3-6,8,18H,7,9-10,16H2,1-2H3. The van der Waals surface area contributed by atoms with Gasteiger partial charge in [0.1, 0.15) is 0 Å². The van der Waals surface area contributed by atoms with Crippen LogP contribution >= 0.6 is 11.3 Å². The second-order valence-electron chi connectivity index (χ2n) is 5.05. The van der Waals surface area contributed by atoms with Crippen LogP contribution in [-0.2, 0) is 11.8 Å². The highest BCUT2D eigenvalue weighted by Crippen LogP contribution is 2.28. The first kappa shape index (κ1) is 14.2. The molecule has 1 aromatic carbocycles. The molecule has 0 amide bonds. The normalized spacial score (nSPS) is 14.3. The van der Waals surface area contributed by atoms with Gasteiger partial charge in [-0.15, -0.1) is 11.3 Å². The summed E-state index contributed by atoms with van der Waals surface area (Å²) in [5.74, 6) is 0. The van der Waals surface area contributed by atoms with Crippen LogP contribution in [0.2, 0.25) is 0 Å². The molecule has 0 fully saturated rings. The van der Waals surface area contributed by atoms with Crippen molar-refractivity contribution in [2.45, 2.75) is 25.7 Å². The lowest BCUT2D eigenvalue weighted by Gasteiger charge is -2.30. The number of thiazole rings is 1. The molecule has 0 aliphatic rings. The lowest BCUT2D eigenvalue weighted by Crippen LogP contribution is -2.41. The lowest BCUT2D eigenvalue weighted by atomic mass is 9.77. The molecule has 1 atom stereocenters. The molecule has 2 rings (SSSR count). The van der Waals surface area contributed by atoms with Crippen LogP contribution in [0.25, 0.3) is 0 Å². The zero-order valence-electron chi connectivity index (χ0n) is 11.4. The second kappa shape index (κ2) is 5.82. The Hall–Kier alpha value is -1.23. The third-order valence-electron chi connectivity index (χ3n) is 3.51. The van der Waals surface area contributed by atoms with Gasteiger partial charge < -0.3 is 10.8 Å². The Labute approximate surface area is 118 Å². The topological polar surface area (TPSA) is 59.1 Å². The highest BCUT2D eigenvalue weighted by molar-refractivity contribution is 7.09. The molecular formula is C15H20N2OS. The smallest absolute Gasteiger partial charge is 0.0897 e. The van der Waals surface area contributed by atoms with E-state index in [1.54, 1.807) is 11.3 Å². The van der Waals surface area contributed by atoms with Crippen molar-refractivity contribution in [1.29, 1.82) is 0 Å². The SMILES string of the molecule is Cc1cccc(C(CN)(CO)Cc2csc(C)n2)c1. The van der Waals surface area contributed by atoms with E-state index in [9.17, 15) is 5.11 Å². The maximum absolute atomic E-state index is 9.88. The Morgan fingerprint density at radius 3 is 2.68 bits per heavy atom. The van der Waals surface area contributed by atoms with Crippen LogP contribution in [0.4, 0.5) is 0 Å². The minimum absolute atomic E-state index is 0.0313. The Kier molecular flexibility index (Phi) is 4.34. The van der Waals surface area contributed by atoms with E-state index >= 15 is 0 Å². The summed E-state index contributed by atoms with van der Waals surface area (Å²) in [5.41, 5.74) is 8.80. The van der Waals surface area contributed by atoms with E-state index in [0.29, 0.717) is 13.0 Å². The molecule has 0 spiro atoms. The number of hydrogen-bond acceptors (Lipinski definition) is 4. The minimum atomic E-state index is -0.438. The van der Waals surface area contributed by atoms with Crippen molar-refractivity contribution >= 4 is 11.3 Å². The number of nitrogens with two attached hydrogens (primary N) is 1. The molecule has 1 heterocycles.